The van der Waals surface area contributed by atoms with Gasteiger partial charge in [0.15, 0.2) is 5.78 Å². The lowest BCUT2D eigenvalue weighted by molar-refractivity contribution is -0.149. The van der Waals surface area contributed by atoms with Gasteiger partial charge in [-0.15, -0.1) is 0 Å². The molecule has 1 aliphatic carbocycles. The molecule has 50 heavy (non-hydrogen) atoms. The first-order valence-electron chi connectivity index (χ1n) is 16.1. The van der Waals surface area contributed by atoms with Gasteiger partial charge in [-0.25, -0.2) is 9.97 Å². The number of alkyl halides is 3. The Morgan fingerprint density at radius 2 is 1.32 bits per heavy atom. The van der Waals surface area contributed by atoms with Crippen molar-refractivity contribution < 1.29 is 22.8 Å². The molecule has 1 amide bonds. The SMILES string of the molecule is C=C1CCC(n2c(-c3ccccc3)nc3cccc(C)c3c2=O)C(=O)C1.C=C1CCC(n2c(C(F)(F)F)nc3cccc(C)c3c2=O)C(=O)N1. The summed E-state index contributed by atoms with van der Waals surface area (Å²) >= 11 is 0. The van der Waals surface area contributed by atoms with Gasteiger partial charge in [-0.05, 0) is 62.8 Å². The zero-order valence-corrected chi connectivity index (χ0v) is 27.5. The van der Waals surface area contributed by atoms with Crippen LogP contribution in [0.3, 0.4) is 0 Å². The van der Waals surface area contributed by atoms with Gasteiger partial charge in [0, 0.05) is 17.7 Å². The number of fused-ring (bicyclic) bond motifs is 2. The summed E-state index contributed by atoms with van der Waals surface area (Å²) in [4.78, 5) is 59.4. The van der Waals surface area contributed by atoms with Crippen LogP contribution >= 0.6 is 0 Å². The molecule has 2 atom stereocenters. The maximum atomic E-state index is 13.4. The van der Waals surface area contributed by atoms with Gasteiger partial charge in [-0.3, -0.25) is 28.3 Å². The molecule has 7 rings (SSSR count). The Morgan fingerprint density at radius 1 is 0.740 bits per heavy atom. The molecule has 0 spiro atoms. The fraction of sp³-hybridized carbons (Fsp3) is 0.263. The number of amides is 1. The lowest BCUT2D eigenvalue weighted by Crippen LogP contribution is -2.43. The maximum Gasteiger partial charge on any atom is 0.449 e. The molecule has 9 nitrogen and oxygen atoms in total. The third-order valence-electron chi connectivity index (χ3n) is 9.07. The van der Waals surface area contributed by atoms with E-state index in [1.165, 1.54) is 12.1 Å². The van der Waals surface area contributed by atoms with E-state index in [4.69, 9.17) is 4.98 Å². The molecular weight excluding hydrogens is 647 g/mol. The Hall–Kier alpha value is -5.65. The summed E-state index contributed by atoms with van der Waals surface area (Å²) in [5, 5.41) is 3.08. The molecule has 256 valence electrons. The van der Waals surface area contributed by atoms with Crippen molar-refractivity contribution >= 4 is 33.5 Å². The summed E-state index contributed by atoms with van der Waals surface area (Å²) < 4.78 is 42.4. The number of Topliss-reactive ketones (excluding diaryl/α,β-unsaturated/α-hetero) is 1. The minimum absolute atomic E-state index is 0.0373. The van der Waals surface area contributed by atoms with E-state index in [1.54, 1.807) is 17.6 Å². The second-order valence-corrected chi connectivity index (χ2v) is 12.6. The van der Waals surface area contributed by atoms with Crippen molar-refractivity contribution in [2.75, 3.05) is 0 Å². The summed E-state index contributed by atoms with van der Waals surface area (Å²) in [6.07, 6.45) is -2.82. The largest absolute Gasteiger partial charge is 0.449 e. The number of aryl methyl sites for hydroxylation is 2. The Morgan fingerprint density at radius 3 is 1.90 bits per heavy atom. The quantitative estimate of drug-likeness (QED) is 0.207. The highest BCUT2D eigenvalue weighted by Gasteiger charge is 2.41. The predicted molar refractivity (Wildman–Crippen MR) is 185 cm³/mol. The summed E-state index contributed by atoms with van der Waals surface area (Å²) in [5.41, 5.74) is 3.20. The van der Waals surface area contributed by atoms with Crippen molar-refractivity contribution in [2.45, 2.75) is 64.2 Å². The van der Waals surface area contributed by atoms with Gasteiger partial charge < -0.3 is 5.32 Å². The van der Waals surface area contributed by atoms with E-state index in [2.05, 4.69) is 23.5 Å². The molecular formula is C38H34F3N5O4. The molecule has 2 aliphatic rings. The smallest absolute Gasteiger partial charge is 0.329 e. The van der Waals surface area contributed by atoms with Gasteiger partial charge in [0.25, 0.3) is 11.1 Å². The number of benzene rings is 3. The zero-order valence-electron chi connectivity index (χ0n) is 27.5. The number of piperidine rings is 1. The summed E-state index contributed by atoms with van der Waals surface area (Å²) in [6.45, 7) is 11.1. The number of nitrogens with one attached hydrogen (secondary N) is 1. The first-order valence-corrected chi connectivity index (χ1v) is 16.1. The second kappa shape index (κ2) is 13.3. The molecule has 1 saturated carbocycles. The summed E-state index contributed by atoms with van der Waals surface area (Å²) in [5.74, 6) is -1.46. The van der Waals surface area contributed by atoms with E-state index in [0.29, 0.717) is 51.8 Å². The van der Waals surface area contributed by atoms with Crippen molar-refractivity contribution in [1.82, 2.24) is 24.4 Å². The lowest BCUT2D eigenvalue weighted by Gasteiger charge is -2.27. The number of rotatable bonds is 3. The third kappa shape index (κ3) is 6.40. The van der Waals surface area contributed by atoms with Crippen LogP contribution < -0.4 is 16.4 Å². The first kappa shape index (κ1) is 34.2. The molecule has 3 aromatic carbocycles. The molecule has 2 aromatic heterocycles. The van der Waals surface area contributed by atoms with E-state index in [-0.39, 0.29) is 28.7 Å². The van der Waals surface area contributed by atoms with Gasteiger partial charge in [0.05, 0.1) is 27.8 Å². The van der Waals surface area contributed by atoms with Crippen molar-refractivity contribution in [1.29, 1.82) is 0 Å². The second-order valence-electron chi connectivity index (χ2n) is 12.6. The standard InChI is InChI=1S/C22H20N2O2.C16H14F3N3O2/c1-14-11-12-18(19(25)13-14)24-21(16-8-4-3-5-9-16)23-17-10-6-7-15(2)20(17)22(24)26;1-8-4-3-5-10-12(8)14(24)22(15(21-10)16(17,18)19)11-7-6-9(2)20-13(11)23/h3-10,18H,1,11-13H2,2H3;3-5,11H,2,6-7H2,1H3,(H,20,23). The van der Waals surface area contributed by atoms with Crippen LogP contribution in [0.25, 0.3) is 33.2 Å². The fourth-order valence-electron chi connectivity index (χ4n) is 6.62. The minimum Gasteiger partial charge on any atom is -0.329 e. The van der Waals surface area contributed by atoms with Crippen LogP contribution in [0.5, 0.6) is 0 Å². The van der Waals surface area contributed by atoms with Crippen LogP contribution in [0.15, 0.2) is 101 Å². The van der Waals surface area contributed by atoms with Crippen LogP contribution in [0.4, 0.5) is 13.2 Å². The van der Waals surface area contributed by atoms with Crippen LogP contribution in [0.2, 0.25) is 0 Å². The summed E-state index contributed by atoms with van der Waals surface area (Å²) in [7, 11) is 0. The zero-order chi connectivity index (χ0) is 35.9. The van der Waals surface area contributed by atoms with E-state index in [1.807, 2.05) is 55.5 Å². The van der Waals surface area contributed by atoms with E-state index in [9.17, 15) is 32.3 Å². The van der Waals surface area contributed by atoms with Gasteiger partial charge in [-0.1, -0.05) is 73.3 Å². The highest BCUT2D eigenvalue weighted by Crippen LogP contribution is 2.33. The van der Waals surface area contributed by atoms with Crippen molar-refractivity contribution in [3.8, 4) is 11.4 Å². The molecule has 12 heteroatoms. The third-order valence-corrected chi connectivity index (χ3v) is 9.07. The van der Waals surface area contributed by atoms with Crippen molar-refractivity contribution in [2.24, 2.45) is 0 Å². The number of aromatic nitrogens is 4. The van der Waals surface area contributed by atoms with Crippen LogP contribution in [0.1, 0.15) is 61.1 Å². The van der Waals surface area contributed by atoms with Gasteiger partial charge >= 0.3 is 6.18 Å². The molecule has 5 aromatic rings. The van der Waals surface area contributed by atoms with Gasteiger partial charge in [0.1, 0.15) is 11.9 Å². The number of halogens is 3. The molecule has 0 radical (unpaired) electrons. The Bertz CT molecular complexity index is 2330. The number of nitrogens with zero attached hydrogens (tertiary/aromatic N) is 4. The molecule has 1 N–H and O–H groups in total. The molecule has 1 saturated heterocycles. The summed E-state index contributed by atoms with van der Waals surface area (Å²) in [6, 6.07) is 18.0. The Balaban J connectivity index is 0.000000174. The van der Waals surface area contributed by atoms with Gasteiger partial charge in [0.2, 0.25) is 11.7 Å². The Labute approximate surface area is 284 Å². The topological polar surface area (TPSA) is 116 Å². The van der Waals surface area contributed by atoms with Crippen LogP contribution in [-0.4, -0.2) is 30.8 Å². The predicted octanol–water partition coefficient (Wildman–Crippen LogP) is 6.91. The van der Waals surface area contributed by atoms with Crippen LogP contribution in [0, 0.1) is 13.8 Å². The fourth-order valence-corrected chi connectivity index (χ4v) is 6.62. The number of allylic oxidation sites excluding steroid dienone is 2. The molecule has 1 aliphatic heterocycles. The Kier molecular flexibility index (Phi) is 9.13. The normalized spacial score (nSPS) is 18.2. The minimum atomic E-state index is -4.86. The monoisotopic (exact) mass is 681 g/mol. The first-order chi connectivity index (χ1) is 23.8. The highest BCUT2D eigenvalue weighted by molar-refractivity contribution is 5.88. The van der Waals surface area contributed by atoms with E-state index >= 15 is 0 Å². The van der Waals surface area contributed by atoms with Crippen LogP contribution in [-0.2, 0) is 15.8 Å². The molecule has 2 fully saturated rings. The molecule has 3 heterocycles. The molecule has 0 bridgehead atoms. The number of ketones is 1. The maximum absolute atomic E-state index is 13.4. The average molecular weight is 682 g/mol. The van der Waals surface area contributed by atoms with Gasteiger partial charge in [-0.2, -0.15) is 13.2 Å². The number of hydrogen-bond donors (Lipinski definition) is 1. The van der Waals surface area contributed by atoms with E-state index < -0.39 is 35.6 Å². The van der Waals surface area contributed by atoms with Crippen molar-refractivity contribution in [3.63, 3.8) is 0 Å². The van der Waals surface area contributed by atoms with E-state index in [0.717, 1.165) is 23.1 Å². The highest BCUT2D eigenvalue weighted by atomic mass is 19.4. The number of hydrogen-bond acceptors (Lipinski definition) is 6. The van der Waals surface area contributed by atoms with Crippen molar-refractivity contribution in [3.05, 3.63) is 129 Å². The number of carbonyl (C=O) groups is 2. The average Bonchev–Trinajstić information content (AvgIpc) is 3.06. The molecule has 2 unspecified atom stereocenters. The lowest BCUT2D eigenvalue weighted by atomic mass is 9.90. The number of carbonyl (C=O) groups excluding carboxylic acids is 2.